The molecule has 4 amide bonds. The van der Waals surface area contributed by atoms with Gasteiger partial charge in [-0.1, -0.05) is 32.0 Å². The molecule has 5 rings (SSSR count). The highest BCUT2D eigenvalue weighted by Crippen LogP contribution is 2.36. The third-order valence-electron chi connectivity index (χ3n) is 7.27. The standard InChI is InChI=1S/C29H35N7O4.ClH/c1-15-21(31-16(2)25(15)35-26(37)17-8-10-30-11-9-17)13-20-19-7-6-18(12-22(19)33-27(20)38)32-28(39)34-24-14-23(40-36-24)29(3,4)5;/h6-7,12-14,17,30-31H,8-11H2,1-5H3,(H,33,38)(H,35,37)(H2,32,34,36,39);1H/b20-13-;. The van der Waals surface area contributed by atoms with E-state index in [0.29, 0.717) is 34.1 Å². The van der Waals surface area contributed by atoms with Crippen LogP contribution in [-0.4, -0.2) is 41.1 Å². The van der Waals surface area contributed by atoms with Crippen molar-refractivity contribution in [2.75, 3.05) is 34.4 Å². The predicted octanol–water partition coefficient (Wildman–Crippen LogP) is 5.41. The molecule has 218 valence electrons. The first kappa shape index (κ1) is 29.9. The lowest BCUT2D eigenvalue weighted by atomic mass is 9.93. The molecular formula is C29H36ClN7O4. The summed E-state index contributed by atoms with van der Waals surface area (Å²) in [5.41, 5.74) is 5.27. The van der Waals surface area contributed by atoms with E-state index in [1.165, 1.54) is 0 Å². The summed E-state index contributed by atoms with van der Waals surface area (Å²) in [6, 6.07) is 6.43. The lowest BCUT2D eigenvalue weighted by molar-refractivity contribution is -0.120. The van der Waals surface area contributed by atoms with E-state index >= 15 is 0 Å². The molecule has 1 aromatic carbocycles. The molecule has 0 bridgehead atoms. The van der Waals surface area contributed by atoms with Gasteiger partial charge in [0.05, 0.1) is 16.9 Å². The van der Waals surface area contributed by atoms with E-state index in [-0.39, 0.29) is 35.6 Å². The molecule has 11 nitrogen and oxygen atoms in total. The van der Waals surface area contributed by atoms with Gasteiger partial charge in [-0.3, -0.25) is 14.9 Å². The third kappa shape index (κ3) is 6.47. The van der Waals surface area contributed by atoms with Crippen molar-refractivity contribution in [3.63, 3.8) is 0 Å². The van der Waals surface area contributed by atoms with Crippen molar-refractivity contribution >= 4 is 64.8 Å². The maximum Gasteiger partial charge on any atom is 0.324 e. The van der Waals surface area contributed by atoms with Crippen LogP contribution in [0.25, 0.3) is 11.6 Å². The van der Waals surface area contributed by atoms with Crippen molar-refractivity contribution in [1.82, 2.24) is 15.5 Å². The van der Waals surface area contributed by atoms with Gasteiger partial charge in [-0.2, -0.15) is 0 Å². The fourth-order valence-corrected chi connectivity index (χ4v) is 4.94. The lowest BCUT2D eigenvalue weighted by Crippen LogP contribution is -2.34. The van der Waals surface area contributed by atoms with Crippen LogP contribution in [0.4, 0.5) is 27.7 Å². The molecule has 0 aliphatic carbocycles. The Kier molecular flexibility index (Phi) is 8.60. The predicted molar refractivity (Wildman–Crippen MR) is 163 cm³/mol. The second-order valence-electron chi connectivity index (χ2n) is 11.4. The number of anilines is 4. The van der Waals surface area contributed by atoms with Crippen molar-refractivity contribution < 1.29 is 18.9 Å². The molecule has 0 atom stereocenters. The first-order valence-corrected chi connectivity index (χ1v) is 13.4. The number of aryl methyl sites for hydroxylation is 1. The van der Waals surface area contributed by atoms with Crippen LogP contribution < -0.4 is 26.6 Å². The summed E-state index contributed by atoms with van der Waals surface area (Å²) in [4.78, 5) is 41.5. The second-order valence-corrected chi connectivity index (χ2v) is 11.4. The van der Waals surface area contributed by atoms with E-state index in [4.69, 9.17) is 4.52 Å². The Morgan fingerprint density at radius 2 is 1.80 bits per heavy atom. The van der Waals surface area contributed by atoms with E-state index in [1.807, 2.05) is 34.6 Å². The number of fused-ring (bicyclic) bond motifs is 1. The molecule has 0 unspecified atom stereocenters. The minimum Gasteiger partial charge on any atom is -0.359 e. The fraction of sp³-hybridized carbons (Fsp3) is 0.379. The Balaban J connectivity index is 0.00000387. The maximum absolute atomic E-state index is 12.9. The first-order chi connectivity index (χ1) is 19.0. The van der Waals surface area contributed by atoms with Crippen LogP contribution in [0.3, 0.4) is 0 Å². The van der Waals surface area contributed by atoms with Crippen LogP contribution in [0, 0.1) is 19.8 Å². The van der Waals surface area contributed by atoms with Gasteiger partial charge in [-0.05, 0) is 63.6 Å². The van der Waals surface area contributed by atoms with Crippen LogP contribution in [-0.2, 0) is 15.0 Å². The maximum atomic E-state index is 12.9. The number of carbonyl (C=O) groups is 3. The van der Waals surface area contributed by atoms with Gasteiger partial charge in [0.15, 0.2) is 5.82 Å². The summed E-state index contributed by atoms with van der Waals surface area (Å²) < 4.78 is 5.31. The van der Waals surface area contributed by atoms with Crippen LogP contribution >= 0.6 is 12.4 Å². The van der Waals surface area contributed by atoms with E-state index in [1.54, 1.807) is 30.3 Å². The van der Waals surface area contributed by atoms with Gasteiger partial charge in [0.25, 0.3) is 5.91 Å². The van der Waals surface area contributed by atoms with Crippen molar-refractivity contribution in [2.45, 2.75) is 52.9 Å². The molecule has 2 aliphatic heterocycles. The Labute approximate surface area is 244 Å². The van der Waals surface area contributed by atoms with E-state index < -0.39 is 6.03 Å². The number of amides is 4. The summed E-state index contributed by atoms with van der Waals surface area (Å²) in [6.07, 6.45) is 3.43. The molecule has 4 heterocycles. The molecule has 1 saturated heterocycles. The first-order valence-electron chi connectivity index (χ1n) is 13.4. The van der Waals surface area contributed by atoms with Crippen LogP contribution in [0.2, 0.25) is 0 Å². The Hall–Kier alpha value is -4.09. The molecular weight excluding hydrogens is 546 g/mol. The zero-order chi connectivity index (χ0) is 28.6. The van der Waals surface area contributed by atoms with Crippen molar-refractivity contribution in [1.29, 1.82) is 0 Å². The number of H-pyrrole nitrogens is 1. The van der Waals surface area contributed by atoms with Gasteiger partial charge in [0.1, 0.15) is 5.76 Å². The number of nitrogens with zero attached hydrogens (tertiary/aromatic N) is 1. The zero-order valence-corrected chi connectivity index (χ0v) is 24.6. The average Bonchev–Trinajstić information content (AvgIpc) is 3.57. The fourth-order valence-electron chi connectivity index (χ4n) is 4.94. The molecule has 1 fully saturated rings. The largest absolute Gasteiger partial charge is 0.359 e. The molecule has 0 saturated carbocycles. The number of benzene rings is 1. The summed E-state index contributed by atoms with van der Waals surface area (Å²) in [7, 11) is 0. The van der Waals surface area contributed by atoms with Gasteiger partial charge in [0.2, 0.25) is 5.91 Å². The minimum absolute atomic E-state index is 0. The summed E-state index contributed by atoms with van der Waals surface area (Å²) >= 11 is 0. The number of halogens is 1. The molecule has 2 aliphatic rings. The van der Waals surface area contributed by atoms with Crippen molar-refractivity contribution in [2.24, 2.45) is 5.92 Å². The lowest BCUT2D eigenvalue weighted by Gasteiger charge is -2.22. The molecule has 2 aromatic heterocycles. The monoisotopic (exact) mass is 581 g/mol. The van der Waals surface area contributed by atoms with Gasteiger partial charge in [-0.25, -0.2) is 4.79 Å². The number of aromatic amines is 1. The number of urea groups is 1. The van der Waals surface area contributed by atoms with E-state index in [2.05, 4.69) is 36.7 Å². The Bertz CT molecular complexity index is 1510. The molecule has 6 N–H and O–H groups in total. The Morgan fingerprint density at radius 1 is 1.07 bits per heavy atom. The number of nitrogens with one attached hydrogen (secondary N) is 6. The summed E-state index contributed by atoms with van der Waals surface area (Å²) in [6.45, 7) is 11.5. The number of carbonyl (C=O) groups excluding carboxylic acids is 3. The smallest absolute Gasteiger partial charge is 0.324 e. The molecule has 12 heteroatoms. The van der Waals surface area contributed by atoms with Crippen molar-refractivity contribution in [3.8, 4) is 0 Å². The highest BCUT2D eigenvalue weighted by molar-refractivity contribution is 6.35. The van der Waals surface area contributed by atoms with Crippen molar-refractivity contribution in [3.05, 3.63) is 52.5 Å². The highest BCUT2D eigenvalue weighted by atomic mass is 35.5. The molecule has 3 aromatic rings. The number of aromatic nitrogens is 2. The zero-order valence-electron chi connectivity index (χ0n) is 23.8. The van der Waals surface area contributed by atoms with Gasteiger partial charge in [0, 0.05) is 40.0 Å². The van der Waals surface area contributed by atoms with Gasteiger partial charge >= 0.3 is 6.03 Å². The number of hydrogen-bond acceptors (Lipinski definition) is 6. The number of rotatable bonds is 5. The second kappa shape index (κ2) is 11.8. The van der Waals surface area contributed by atoms with Gasteiger partial charge < -0.3 is 30.8 Å². The third-order valence-corrected chi connectivity index (χ3v) is 7.27. The van der Waals surface area contributed by atoms with Crippen LogP contribution in [0.15, 0.2) is 28.8 Å². The summed E-state index contributed by atoms with van der Waals surface area (Å²) in [5.74, 6) is 0.736. The SMILES string of the molecule is Cc1[nH]c(/C=C2\C(=O)Nc3cc(NC(=O)Nc4cc(C(C)(C)C)on4)ccc32)c(C)c1NC(=O)C1CCNCC1.Cl. The normalized spacial score (nSPS) is 16.1. The average molecular weight is 582 g/mol. The Morgan fingerprint density at radius 3 is 2.49 bits per heavy atom. The summed E-state index contributed by atoms with van der Waals surface area (Å²) in [5, 5.41) is 18.6. The minimum atomic E-state index is -0.481. The topological polar surface area (TPSA) is 153 Å². The van der Waals surface area contributed by atoms with E-state index in [9.17, 15) is 14.4 Å². The van der Waals surface area contributed by atoms with Crippen LogP contribution in [0.1, 0.15) is 61.9 Å². The molecule has 41 heavy (non-hydrogen) atoms. The number of hydrogen-bond donors (Lipinski definition) is 6. The quantitative estimate of drug-likeness (QED) is 0.221. The van der Waals surface area contributed by atoms with E-state index in [0.717, 1.165) is 48.6 Å². The highest BCUT2D eigenvalue weighted by Gasteiger charge is 2.27. The molecule has 0 spiro atoms. The number of piperidine rings is 1. The van der Waals surface area contributed by atoms with Crippen LogP contribution in [0.5, 0.6) is 0 Å². The molecule has 0 radical (unpaired) electrons. The van der Waals surface area contributed by atoms with Gasteiger partial charge in [-0.15, -0.1) is 12.4 Å².